The van der Waals surface area contributed by atoms with E-state index in [2.05, 4.69) is 42.3 Å². The Labute approximate surface area is 128 Å². The molecule has 0 bridgehead atoms. The number of methoxy groups -OCH3 is 2. The molecule has 21 heavy (non-hydrogen) atoms. The van der Waals surface area contributed by atoms with Crippen LogP contribution in [0.1, 0.15) is 25.2 Å². The van der Waals surface area contributed by atoms with Gasteiger partial charge in [0.15, 0.2) is 0 Å². The van der Waals surface area contributed by atoms with E-state index in [9.17, 15) is 0 Å². The molecule has 5 nitrogen and oxygen atoms in total. The summed E-state index contributed by atoms with van der Waals surface area (Å²) in [5, 5.41) is 3.31. The molecule has 1 N–H and O–H groups in total. The van der Waals surface area contributed by atoms with E-state index in [-0.39, 0.29) is 0 Å². The summed E-state index contributed by atoms with van der Waals surface area (Å²) in [5.41, 5.74) is 2.17. The zero-order valence-corrected chi connectivity index (χ0v) is 13.8. The molecule has 0 aliphatic heterocycles. The Morgan fingerprint density at radius 2 is 2.00 bits per heavy atom. The van der Waals surface area contributed by atoms with Crippen molar-refractivity contribution >= 4 is 0 Å². The molecule has 1 unspecified atom stereocenters. The van der Waals surface area contributed by atoms with Crippen molar-refractivity contribution in [1.29, 1.82) is 0 Å². The second-order valence-electron chi connectivity index (χ2n) is 5.17. The van der Waals surface area contributed by atoms with Crippen molar-refractivity contribution in [3.05, 3.63) is 29.6 Å². The van der Waals surface area contributed by atoms with Crippen molar-refractivity contribution in [1.82, 2.24) is 15.2 Å². The zero-order valence-electron chi connectivity index (χ0n) is 13.8. The van der Waals surface area contributed by atoms with Crippen molar-refractivity contribution in [3.8, 4) is 0 Å². The minimum atomic E-state index is 0.337. The molecule has 0 aliphatic rings. The lowest BCUT2D eigenvalue weighted by Crippen LogP contribution is -2.38. The molecule has 1 aromatic rings. The molecule has 0 saturated heterocycles. The Kier molecular flexibility index (Phi) is 9.17. The van der Waals surface area contributed by atoms with Crippen LogP contribution in [0.2, 0.25) is 0 Å². The number of hydrogen-bond donors (Lipinski definition) is 1. The van der Waals surface area contributed by atoms with Crippen LogP contribution < -0.4 is 5.32 Å². The van der Waals surface area contributed by atoms with E-state index in [1.54, 1.807) is 14.2 Å². The van der Waals surface area contributed by atoms with Gasteiger partial charge < -0.3 is 14.8 Å². The molecule has 0 amide bonds. The van der Waals surface area contributed by atoms with E-state index < -0.39 is 0 Å². The standard InChI is InChI=1S/C16H29N3O2/c1-5-17-11-15-7-6-8-16(18-15)12-19(9-10-20-3)14(2)13-21-4/h6-8,14,17H,5,9-13H2,1-4H3. The summed E-state index contributed by atoms with van der Waals surface area (Å²) in [7, 11) is 3.47. The van der Waals surface area contributed by atoms with Gasteiger partial charge in [-0.15, -0.1) is 0 Å². The average Bonchev–Trinajstić information content (AvgIpc) is 2.50. The maximum atomic E-state index is 5.27. The predicted octanol–water partition coefficient (Wildman–Crippen LogP) is 1.67. The summed E-state index contributed by atoms with van der Waals surface area (Å²) in [6.07, 6.45) is 0. The van der Waals surface area contributed by atoms with E-state index in [1.807, 2.05) is 0 Å². The minimum absolute atomic E-state index is 0.337. The lowest BCUT2D eigenvalue weighted by Gasteiger charge is -2.28. The Morgan fingerprint density at radius 1 is 1.24 bits per heavy atom. The summed E-state index contributed by atoms with van der Waals surface area (Å²) in [6.45, 7) is 9.15. The van der Waals surface area contributed by atoms with E-state index >= 15 is 0 Å². The fourth-order valence-electron chi connectivity index (χ4n) is 2.19. The Morgan fingerprint density at radius 3 is 2.67 bits per heavy atom. The summed E-state index contributed by atoms with van der Waals surface area (Å²) < 4.78 is 10.5. The third-order valence-electron chi connectivity index (χ3n) is 3.40. The van der Waals surface area contributed by atoms with Crippen LogP contribution in [0.4, 0.5) is 0 Å². The summed E-state index contributed by atoms with van der Waals surface area (Å²) in [4.78, 5) is 7.05. The van der Waals surface area contributed by atoms with Crippen molar-refractivity contribution in [3.63, 3.8) is 0 Å². The number of hydrogen-bond acceptors (Lipinski definition) is 5. The second kappa shape index (κ2) is 10.7. The molecule has 0 spiro atoms. The van der Waals surface area contributed by atoms with Gasteiger partial charge in [0, 0.05) is 39.9 Å². The van der Waals surface area contributed by atoms with Crippen molar-refractivity contribution in [2.45, 2.75) is 33.0 Å². The average molecular weight is 295 g/mol. The Balaban J connectivity index is 2.67. The Hall–Kier alpha value is -1.01. The molecule has 5 heteroatoms. The summed E-state index contributed by atoms with van der Waals surface area (Å²) in [5.74, 6) is 0. The van der Waals surface area contributed by atoms with Crippen LogP contribution in [0, 0.1) is 0 Å². The van der Waals surface area contributed by atoms with E-state index in [0.717, 1.165) is 37.6 Å². The lowest BCUT2D eigenvalue weighted by molar-refractivity contribution is 0.0697. The first kappa shape index (κ1) is 18.0. The van der Waals surface area contributed by atoms with Crippen LogP contribution in [0.5, 0.6) is 0 Å². The van der Waals surface area contributed by atoms with Gasteiger partial charge in [-0.2, -0.15) is 0 Å². The number of aromatic nitrogens is 1. The number of pyridine rings is 1. The van der Waals surface area contributed by atoms with Gasteiger partial charge in [-0.3, -0.25) is 9.88 Å². The predicted molar refractivity (Wildman–Crippen MR) is 85.2 cm³/mol. The molecule has 1 aromatic heterocycles. The molecule has 0 aromatic carbocycles. The van der Waals surface area contributed by atoms with Gasteiger partial charge in [-0.1, -0.05) is 13.0 Å². The summed E-state index contributed by atoms with van der Waals surface area (Å²) in [6, 6.07) is 6.55. The highest BCUT2D eigenvalue weighted by molar-refractivity contribution is 5.11. The van der Waals surface area contributed by atoms with Gasteiger partial charge in [0.2, 0.25) is 0 Å². The van der Waals surface area contributed by atoms with Crippen LogP contribution >= 0.6 is 0 Å². The first-order valence-electron chi connectivity index (χ1n) is 7.58. The maximum Gasteiger partial charge on any atom is 0.0615 e. The van der Waals surface area contributed by atoms with Gasteiger partial charge in [0.1, 0.15) is 0 Å². The van der Waals surface area contributed by atoms with E-state index in [0.29, 0.717) is 19.3 Å². The monoisotopic (exact) mass is 295 g/mol. The topological polar surface area (TPSA) is 46.6 Å². The molecule has 0 fully saturated rings. The van der Waals surface area contributed by atoms with Crippen molar-refractivity contribution < 1.29 is 9.47 Å². The van der Waals surface area contributed by atoms with Gasteiger partial charge in [-0.25, -0.2) is 0 Å². The molecule has 0 aliphatic carbocycles. The van der Waals surface area contributed by atoms with Gasteiger partial charge in [-0.05, 0) is 25.6 Å². The first-order chi connectivity index (χ1) is 10.2. The molecule has 0 radical (unpaired) electrons. The molecular weight excluding hydrogens is 266 g/mol. The lowest BCUT2D eigenvalue weighted by atomic mass is 10.2. The highest BCUT2D eigenvalue weighted by Gasteiger charge is 2.14. The third-order valence-corrected chi connectivity index (χ3v) is 3.40. The van der Waals surface area contributed by atoms with Crippen molar-refractivity contribution in [2.75, 3.05) is 40.5 Å². The Bertz CT molecular complexity index is 388. The van der Waals surface area contributed by atoms with E-state index in [4.69, 9.17) is 14.5 Å². The zero-order chi connectivity index (χ0) is 15.5. The normalized spacial score (nSPS) is 12.8. The molecular formula is C16H29N3O2. The van der Waals surface area contributed by atoms with Crippen LogP contribution in [-0.2, 0) is 22.6 Å². The van der Waals surface area contributed by atoms with Crippen LogP contribution in [0.15, 0.2) is 18.2 Å². The molecule has 1 atom stereocenters. The SMILES string of the molecule is CCNCc1cccc(CN(CCOC)C(C)COC)n1. The molecule has 1 heterocycles. The number of rotatable bonds is 11. The smallest absolute Gasteiger partial charge is 0.0615 e. The van der Waals surface area contributed by atoms with Gasteiger partial charge in [0.25, 0.3) is 0 Å². The minimum Gasteiger partial charge on any atom is -0.383 e. The number of nitrogens with one attached hydrogen (secondary N) is 1. The highest BCUT2D eigenvalue weighted by Crippen LogP contribution is 2.08. The summed E-state index contributed by atoms with van der Waals surface area (Å²) >= 11 is 0. The quantitative estimate of drug-likeness (QED) is 0.673. The van der Waals surface area contributed by atoms with Crippen LogP contribution in [0.3, 0.4) is 0 Å². The second-order valence-corrected chi connectivity index (χ2v) is 5.17. The maximum absolute atomic E-state index is 5.27. The fraction of sp³-hybridized carbons (Fsp3) is 0.688. The van der Waals surface area contributed by atoms with Crippen molar-refractivity contribution in [2.24, 2.45) is 0 Å². The fourth-order valence-corrected chi connectivity index (χ4v) is 2.19. The molecule has 0 saturated carbocycles. The van der Waals surface area contributed by atoms with Gasteiger partial charge >= 0.3 is 0 Å². The number of ether oxygens (including phenoxy) is 2. The molecule has 120 valence electrons. The van der Waals surface area contributed by atoms with Crippen LogP contribution in [-0.4, -0.2) is 56.4 Å². The highest BCUT2D eigenvalue weighted by atomic mass is 16.5. The van der Waals surface area contributed by atoms with E-state index in [1.165, 1.54) is 0 Å². The first-order valence-corrected chi connectivity index (χ1v) is 7.58. The van der Waals surface area contributed by atoms with Gasteiger partial charge in [0.05, 0.1) is 24.6 Å². The number of nitrogens with zero attached hydrogens (tertiary/aromatic N) is 2. The third kappa shape index (κ3) is 7.00. The molecule has 1 rings (SSSR count). The van der Waals surface area contributed by atoms with Crippen LogP contribution in [0.25, 0.3) is 0 Å². The largest absolute Gasteiger partial charge is 0.383 e.